The van der Waals surface area contributed by atoms with E-state index in [-0.39, 0.29) is 17.1 Å². The number of aromatic nitrogens is 6. The summed E-state index contributed by atoms with van der Waals surface area (Å²) >= 11 is 0. The van der Waals surface area contributed by atoms with Crippen LogP contribution < -0.4 is 0 Å². The molecule has 0 fully saturated rings. The summed E-state index contributed by atoms with van der Waals surface area (Å²) in [6.07, 6.45) is 6.21. The molecule has 0 amide bonds. The molecule has 0 aliphatic rings. The summed E-state index contributed by atoms with van der Waals surface area (Å²) in [5.74, 6) is 0. The van der Waals surface area contributed by atoms with Crippen LogP contribution in [0.15, 0.2) is 104 Å². The van der Waals surface area contributed by atoms with Gasteiger partial charge in [-0.05, 0) is 145 Å². The van der Waals surface area contributed by atoms with E-state index in [0.29, 0.717) is 5.56 Å². The third-order valence-corrected chi connectivity index (χ3v) is 10.0. The molecule has 0 N–H and O–H groups in total. The number of nitriles is 1. The van der Waals surface area contributed by atoms with E-state index in [4.69, 9.17) is 20.6 Å². The van der Waals surface area contributed by atoms with E-state index in [0.717, 1.165) is 17.1 Å². The molecule has 7 aromatic rings. The second kappa shape index (κ2) is 15.7. The number of nitrogens with zero attached hydrogens (tertiary/aromatic N) is 7. The van der Waals surface area contributed by atoms with E-state index in [9.17, 15) is 0 Å². The Hall–Kier alpha value is -5.42. The Morgan fingerprint density at radius 1 is 0.472 bits per heavy atom. The molecule has 0 unspecified atom stereocenters. The van der Waals surface area contributed by atoms with Gasteiger partial charge < -0.3 is 13.8 Å². The second-order valence-corrected chi connectivity index (χ2v) is 14.5. The first-order chi connectivity index (χ1) is 24.8. The van der Waals surface area contributed by atoms with E-state index in [1.54, 1.807) is 12.1 Å². The van der Waals surface area contributed by atoms with Crippen LogP contribution in [0.25, 0.3) is 33.8 Å². The van der Waals surface area contributed by atoms with Gasteiger partial charge in [-0.15, -0.1) is 6.82 Å². The minimum atomic E-state index is -1.82. The molecular formula is C44H47BCuN7. The van der Waals surface area contributed by atoms with Crippen LogP contribution in [0.4, 0.5) is 0 Å². The van der Waals surface area contributed by atoms with Crippen molar-refractivity contribution < 1.29 is 17.1 Å². The Morgan fingerprint density at radius 2 is 0.755 bits per heavy atom. The number of hydrogen-bond donors (Lipinski definition) is 0. The molecule has 0 saturated heterocycles. The standard InChI is InChI=1S/C37H42BN6.C7H5N.Cu/c1-23-17-26(4)35(27(5)18-23)32-11-14-42(39-32)38(10,43-15-12-33(40-43)36-28(6)19-24(2)20-29(36)7)44-16-13-34(41-44)37-30(8)21-25(3)22-31(37)9;8-6-7-4-2-1-3-5-7;/h11-22H,1-10H3;1-5H;/q-1;;+1. The van der Waals surface area contributed by atoms with E-state index >= 15 is 0 Å². The molecule has 0 spiro atoms. The van der Waals surface area contributed by atoms with Crippen molar-refractivity contribution in [3.05, 3.63) is 159 Å². The van der Waals surface area contributed by atoms with Gasteiger partial charge in [0.25, 0.3) is 0 Å². The predicted molar refractivity (Wildman–Crippen MR) is 215 cm³/mol. The van der Waals surface area contributed by atoms with Crippen molar-refractivity contribution in [2.24, 2.45) is 0 Å². The summed E-state index contributed by atoms with van der Waals surface area (Å²) in [5, 5.41) is 24.0. The zero-order valence-electron chi connectivity index (χ0n) is 32.3. The number of rotatable bonds is 6. The van der Waals surface area contributed by atoms with Crippen LogP contribution in [-0.2, 0) is 17.1 Å². The zero-order valence-corrected chi connectivity index (χ0v) is 33.3. The summed E-state index contributed by atoms with van der Waals surface area (Å²) in [7, 11) is 0. The quantitative estimate of drug-likeness (QED) is 0.159. The molecule has 0 saturated carbocycles. The maximum absolute atomic E-state index is 8.29. The van der Waals surface area contributed by atoms with E-state index < -0.39 is 6.55 Å². The third-order valence-electron chi connectivity index (χ3n) is 10.0. The van der Waals surface area contributed by atoms with Crippen molar-refractivity contribution >= 4 is 6.55 Å². The molecule has 0 radical (unpaired) electrons. The fraction of sp³-hybridized carbons (Fsp3) is 0.227. The Morgan fingerprint density at radius 3 is 1.00 bits per heavy atom. The molecule has 4 aromatic carbocycles. The molecule has 7 rings (SSSR count). The van der Waals surface area contributed by atoms with Crippen LogP contribution >= 0.6 is 0 Å². The molecule has 9 heteroatoms. The first-order valence-electron chi connectivity index (χ1n) is 17.9. The fourth-order valence-corrected chi connectivity index (χ4v) is 7.86. The SMILES string of the molecule is Cc1cc(C)c(-c2ccn([B-](C)(n3ccc(-c4c(C)cc(C)cc4C)n3)n3ccc(-c4c(C)cc(C)cc4C)n3)n2)c(C)c1.N#Cc1ccccc1.[Cu+]. The second-order valence-electron chi connectivity index (χ2n) is 14.5. The first-order valence-corrected chi connectivity index (χ1v) is 17.9. The maximum atomic E-state index is 8.29. The minimum Gasteiger partial charge on any atom is -0.400 e. The predicted octanol–water partition coefficient (Wildman–Crippen LogP) is 10.1. The van der Waals surface area contributed by atoms with Crippen LogP contribution in [0.3, 0.4) is 0 Å². The Balaban J connectivity index is 0.000000534. The molecule has 0 atom stereocenters. The molecule has 53 heavy (non-hydrogen) atoms. The summed E-state index contributed by atoms with van der Waals surface area (Å²) in [4.78, 5) is 0. The number of aryl methyl sites for hydroxylation is 9. The molecule has 0 bridgehead atoms. The minimum absolute atomic E-state index is 0. The molecular weight excluding hydrogens is 701 g/mol. The first kappa shape index (κ1) is 38.8. The van der Waals surface area contributed by atoms with Crippen LogP contribution in [-0.4, -0.2) is 35.6 Å². The number of hydrogen-bond acceptors (Lipinski definition) is 4. The molecule has 7 nitrogen and oxygen atoms in total. The third kappa shape index (κ3) is 7.71. The number of benzene rings is 4. The molecule has 3 aromatic heterocycles. The molecule has 272 valence electrons. The van der Waals surface area contributed by atoms with Gasteiger partial charge in [0.1, 0.15) is 0 Å². The van der Waals surface area contributed by atoms with Gasteiger partial charge >= 0.3 is 23.6 Å². The Labute approximate surface area is 324 Å². The van der Waals surface area contributed by atoms with Crippen molar-refractivity contribution in [1.82, 2.24) is 29.1 Å². The van der Waals surface area contributed by atoms with Gasteiger partial charge in [-0.2, -0.15) is 5.26 Å². The van der Waals surface area contributed by atoms with Crippen LogP contribution in [0.2, 0.25) is 6.82 Å². The van der Waals surface area contributed by atoms with Gasteiger partial charge in [0, 0.05) is 16.7 Å². The van der Waals surface area contributed by atoms with E-state index in [2.05, 4.69) is 142 Å². The molecule has 3 heterocycles. The summed E-state index contributed by atoms with van der Waals surface area (Å²) in [6.45, 7) is 19.8. The van der Waals surface area contributed by atoms with Gasteiger partial charge in [-0.1, -0.05) is 71.3 Å². The maximum Gasteiger partial charge on any atom is 1.00 e. The van der Waals surface area contributed by atoms with E-state index in [1.165, 1.54) is 66.8 Å². The van der Waals surface area contributed by atoms with Gasteiger partial charge in [-0.3, -0.25) is 0 Å². The van der Waals surface area contributed by atoms with Gasteiger partial charge in [0.05, 0.1) is 28.7 Å². The molecule has 0 aliphatic carbocycles. The summed E-state index contributed by atoms with van der Waals surface area (Å²) < 4.78 is 6.14. The van der Waals surface area contributed by atoms with Gasteiger partial charge in [0.2, 0.25) is 0 Å². The fourth-order valence-electron chi connectivity index (χ4n) is 7.86. The van der Waals surface area contributed by atoms with E-state index in [1.807, 2.05) is 38.0 Å². The Kier molecular flexibility index (Phi) is 11.5. The van der Waals surface area contributed by atoms with Gasteiger partial charge in [0.15, 0.2) is 0 Å². The monoisotopic (exact) mass is 747 g/mol. The summed E-state index contributed by atoms with van der Waals surface area (Å²) in [6, 6.07) is 30.9. The van der Waals surface area contributed by atoms with Crippen molar-refractivity contribution in [3.63, 3.8) is 0 Å². The van der Waals surface area contributed by atoms with Gasteiger partial charge in [-0.25, -0.2) is 15.3 Å². The van der Waals surface area contributed by atoms with Crippen molar-refractivity contribution in [1.29, 1.82) is 5.26 Å². The van der Waals surface area contributed by atoms with Crippen LogP contribution in [0, 0.1) is 73.6 Å². The van der Waals surface area contributed by atoms with Crippen molar-refractivity contribution in [2.75, 3.05) is 0 Å². The van der Waals surface area contributed by atoms with Crippen LogP contribution in [0.1, 0.15) is 55.6 Å². The normalized spacial score (nSPS) is 11.0. The average Bonchev–Trinajstić information content (AvgIpc) is 3.87. The van der Waals surface area contributed by atoms with Crippen molar-refractivity contribution in [3.8, 4) is 39.8 Å². The van der Waals surface area contributed by atoms with Crippen LogP contribution in [0.5, 0.6) is 0 Å². The molecule has 0 aliphatic heterocycles. The smallest absolute Gasteiger partial charge is 0.400 e. The van der Waals surface area contributed by atoms with Crippen molar-refractivity contribution in [2.45, 2.75) is 69.1 Å². The zero-order chi connectivity index (χ0) is 37.3. The summed E-state index contributed by atoms with van der Waals surface area (Å²) in [5.41, 5.74) is 18.2. The topological polar surface area (TPSA) is 77.2 Å². The average molecular weight is 748 g/mol. The largest absolute Gasteiger partial charge is 1.00 e. The Bertz CT molecular complexity index is 2150.